The summed E-state index contributed by atoms with van der Waals surface area (Å²) in [6.45, 7) is 0.773. The molecule has 1 amide bonds. The number of nitrogens with two attached hydrogens (primary N) is 1. The topological polar surface area (TPSA) is 160 Å². The molecular weight excluding hydrogens is 368 g/mol. The summed E-state index contributed by atoms with van der Waals surface area (Å²) in [6.07, 6.45) is 6.07. The number of aliphatic hydroxyl groups is 2. The molecule has 0 saturated carbocycles. The molecule has 0 bridgehead atoms. The van der Waals surface area contributed by atoms with Gasteiger partial charge < -0.3 is 26.0 Å². The summed E-state index contributed by atoms with van der Waals surface area (Å²) in [4.78, 5) is 38.0. The monoisotopic (exact) mass is 395 g/mol. The number of nitrogens with zero attached hydrogens (tertiary/aromatic N) is 1. The fraction of sp³-hybridized carbons (Fsp3) is 0.556. The maximum Gasteiger partial charge on any atom is 0.330 e. The van der Waals surface area contributed by atoms with Crippen molar-refractivity contribution in [3.8, 4) is 0 Å². The summed E-state index contributed by atoms with van der Waals surface area (Å²) in [5.74, 6) is -0.351. The maximum absolute atomic E-state index is 12.0. The van der Waals surface area contributed by atoms with E-state index in [4.69, 9.17) is 15.6 Å². The van der Waals surface area contributed by atoms with Gasteiger partial charge in [-0.2, -0.15) is 0 Å². The fourth-order valence-electron chi connectivity index (χ4n) is 2.77. The van der Waals surface area contributed by atoms with E-state index in [1.165, 1.54) is 24.8 Å². The highest BCUT2D eigenvalue weighted by Crippen LogP contribution is 2.26. The molecule has 28 heavy (non-hydrogen) atoms. The van der Waals surface area contributed by atoms with E-state index in [1.807, 2.05) is 0 Å². The van der Waals surface area contributed by atoms with Gasteiger partial charge in [-0.3, -0.25) is 19.1 Å². The molecule has 1 saturated heterocycles. The molecule has 6 N–H and O–H groups in total. The molecule has 0 aliphatic carbocycles. The predicted molar refractivity (Wildman–Crippen MR) is 102 cm³/mol. The summed E-state index contributed by atoms with van der Waals surface area (Å²) in [5, 5.41) is 21.6. The lowest BCUT2D eigenvalue weighted by Gasteiger charge is -2.14. The molecule has 0 aromatic carbocycles. The lowest BCUT2D eigenvalue weighted by Crippen LogP contribution is -2.33. The Bertz CT molecular complexity index is 787. The Morgan fingerprint density at radius 2 is 2.07 bits per heavy atom. The summed E-state index contributed by atoms with van der Waals surface area (Å²) < 4.78 is 6.46. The Balaban J connectivity index is 1.98. The van der Waals surface area contributed by atoms with E-state index in [9.17, 15) is 19.5 Å². The Labute approximate surface area is 162 Å². The number of aromatic amines is 1. The number of ether oxygens (including phenoxy) is 1. The molecule has 1 fully saturated rings. The predicted octanol–water partition coefficient (Wildman–Crippen LogP) is -1.36. The largest absolute Gasteiger partial charge is 0.394 e. The third kappa shape index (κ3) is 6.13. The van der Waals surface area contributed by atoms with Gasteiger partial charge in [-0.15, -0.1) is 0 Å². The molecule has 10 nitrogen and oxygen atoms in total. The van der Waals surface area contributed by atoms with Gasteiger partial charge in [-0.25, -0.2) is 4.79 Å². The van der Waals surface area contributed by atoms with Crippen molar-refractivity contribution in [1.82, 2.24) is 14.9 Å². The number of aromatic nitrogens is 2. The minimum atomic E-state index is -1.04. The van der Waals surface area contributed by atoms with Crippen molar-refractivity contribution < 1.29 is 19.7 Å². The summed E-state index contributed by atoms with van der Waals surface area (Å²) in [5.41, 5.74) is 4.12. The zero-order valence-corrected chi connectivity index (χ0v) is 15.5. The molecule has 1 aliphatic heterocycles. The lowest BCUT2D eigenvalue weighted by atomic mass is 10.2. The second-order valence-corrected chi connectivity index (χ2v) is 6.51. The number of rotatable bonds is 10. The van der Waals surface area contributed by atoms with Gasteiger partial charge in [0.1, 0.15) is 12.3 Å². The Kier molecular flexibility index (Phi) is 8.58. The first-order valence-corrected chi connectivity index (χ1v) is 9.27. The van der Waals surface area contributed by atoms with E-state index < -0.39 is 36.3 Å². The minimum absolute atomic E-state index is 0.0802. The number of carbonyl (C=O) groups is 1. The molecule has 2 heterocycles. The number of unbranched alkanes of at least 4 members (excludes halogenated alkanes) is 3. The SMILES string of the molecule is NCCCCCCNC(=O)/C=C/c1cn([C@H]2[CH]C(O)[C@@H](CO)O2)c(=O)[nH]c1=O. The van der Waals surface area contributed by atoms with E-state index in [-0.39, 0.29) is 11.5 Å². The van der Waals surface area contributed by atoms with Gasteiger partial charge in [0.15, 0.2) is 0 Å². The van der Waals surface area contributed by atoms with E-state index in [0.29, 0.717) is 13.1 Å². The molecule has 0 spiro atoms. The van der Waals surface area contributed by atoms with Crippen molar-refractivity contribution in [2.75, 3.05) is 19.7 Å². The van der Waals surface area contributed by atoms with Crippen LogP contribution in [0.1, 0.15) is 37.5 Å². The van der Waals surface area contributed by atoms with Crippen LogP contribution >= 0.6 is 0 Å². The van der Waals surface area contributed by atoms with Crippen LogP contribution in [0.4, 0.5) is 0 Å². The number of amides is 1. The smallest absolute Gasteiger partial charge is 0.330 e. The van der Waals surface area contributed by atoms with Crippen molar-refractivity contribution >= 4 is 12.0 Å². The van der Waals surface area contributed by atoms with Gasteiger partial charge in [0.25, 0.3) is 5.56 Å². The van der Waals surface area contributed by atoms with Crippen LogP contribution in [0.25, 0.3) is 6.08 Å². The molecule has 155 valence electrons. The zero-order chi connectivity index (χ0) is 20.5. The van der Waals surface area contributed by atoms with E-state index >= 15 is 0 Å². The number of nitrogens with one attached hydrogen (secondary N) is 2. The Morgan fingerprint density at radius 1 is 1.32 bits per heavy atom. The van der Waals surface area contributed by atoms with Crippen LogP contribution in [-0.2, 0) is 9.53 Å². The average Bonchev–Trinajstić information content (AvgIpc) is 3.04. The first kappa shape index (κ1) is 22.0. The second-order valence-electron chi connectivity index (χ2n) is 6.51. The lowest BCUT2D eigenvalue weighted by molar-refractivity contribution is -0.116. The van der Waals surface area contributed by atoms with Gasteiger partial charge in [0, 0.05) is 25.2 Å². The highest BCUT2D eigenvalue weighted by atomic mass is 16.5. The summed E-state index contributed by atoms with van der Waals surface area (Å²) >= 11 is 0. The normalized spacial score (nSPS) is 22.0. The Morgan fingerprint density at radius 3 is 2.75 bits per heavy atom. The van der Waals surface area contributed by atoms with Gasteiger partial charge in [-0.05, 0) is 25.5 Å². The first-order valence-electron chi connectivity index (χ1n) is 9.27. The van der Waals surface area contributed by atoms with Crippen LogP contribution in [0.3, 0.4) is 0 Å². The third-order valence-electron chi connectivity index (χ3n) is 4.35. The summed E-state index contributed by atoms with van der Waals surface area (Å²) in [7, 11) is 0. The van der Waals surface area contributed by atoms with E-state index in [0.717, 1.165) is 30.3 Å². The molecule has 1 aliphatic rings. The van der Waals surface area contributed by atoms with E-state index in [2.05, 4.69) is 10.3 Å². The molecule has 3 atom stereocenters. The molecule has 1 radical (unpaired) electrons. The average molecular weight is 395 g/mol. The van der Waals surface area contributed by atoms with Crippen LogP contribution in [-0.4, -0.2) is 57.6 Å². The first-order chi connectivity index (χ1) is 13.5. The van der Waals surface area contributed by atoms with Crippen LogP contribution in [0, 0.1) is 6.42 Å². The molecule has 1 aromatic heterocycles. The van der Waals surface area contributed by atoms with Crippen molar-refractivity contribution in [2.45, 2.75) is 44.1 Å². The number of aliphatic hydroxyl groups excluding tert-OH is 2. The maximum atomic E-state index is 12.0. The van der Waals surface area contributed by atoms with Crippen LogP contribution in [0.5, 0.6) is 0 Å². The van der Waals surface area contributed by atoms with Crippen molar-refractivity contribution in [3.63, 3.8) is 0 Å². The van der Waals surface area contributed by atoms with Crippen LogP contribution < -0.4 is 22.3 Å². The highest BCUT2D eigenvalue weighted by Gasteiger charge is 2.35. The standard InChI is InChI=1S/C18H27N4O6/c19-7-3-1-2-4-8-20-15(25)6-5-12-10-22(18(27)21-17(12)26)16-9-13(24)14(11-23)28-16/h5-6,9-10,13-14,16,23-24H,1-4,7-8,11,19H2,(H,20,25)(H,21,26,27)/b6-5+/t13?,14-,16-/m1/s1. The zero-order valence-electron chi connectivity index (χ0n) is 15.5. The quantitative estimate of drug-likeness (QED) is 0.242. The molecule has 1 aromatic rings. The van der Waals surface area contributed by atoms with Gasteiger partial charge in [0.05, 0.1) is 18.3 Å². The van der Waals surface area contributed by atoms with Crippen molar-refractivity contribution in [2.24, 2.45) is 5.73 Å². The third-order valence-corrected chi connectivity index (χ3v) is 4.35. The van der Waals surface area contributed by atoms with Crippen molar-refractivity contribution in [3.05, 3.63) is 45.1 Å². The van der Waals surface area contributed by atoms with Crippen LogP contribution in [0.15, 0.2) is 21.9 Å². The number of hydrogen-bond acceptors (Lipinski definition) is 7. The van der Waals surface area contributed by atoms with Gasteiger partial charge >= 0.3 is 5.69 Å². The fourth-order valence-corrected chi connectivity index (χ4v) is 2.77. The van der Waals surface area contributed by atoms with Gasteiger partial charge in [0.2, 0.25) is 5.91 Å². The Hall–Kier alpha value is -2.27. The van der Waals surface area contributed by atoms with Crippen molar-refractivity contribution in [1.29, 1.82) is 0 Å². The molecule has 10 heteroatoms. The van der Waals surface area contributed by atoms with E-state index in [1.54, 1.807) is 0 Å². The number of hydrogen-bond donors (Lipinski definition) is 5. The second kappa shape index (κ2) is 10.9. The minimum Gasteiger partial charge on any atom is -0.394 e. The highest BCUT2D eigenvalue weighted by molar-refractivity contribution is 5.91. The number of H-pyrrole nitrogens is 1. The molecular formula is C18H27N4O6. The van der Waals surface area contributed by atoms with Gasteiger partial charge in [-0.1, -0.05) is 12.8 Å². The number of carbonyl (C=O) groups excluding carboxylic acids is 1. The molecule has 2 rings (SSSR count). The summed E-state index contributed by atoms with van der Waals surface area (Å²) in [6, 6.07) is 0. The van der Waals surface area contributed by atoms with Crippen LogP contribution in [0.2, 0.25) is 0 Å². The molecule has 1 unspecified atom stereocenters.